The van der Waals surface area contributed by atoms with Gasteiger partial charge in [-0.05, 0) is 31.0 Å². The van der Waals surface area contributed by atoms with Gasteiger partial charge in [-0.15, -0.1) is 0 Å². The van der Waals surface area contributed by atoms with Crippen molar-refractivity contribution in [1.29, 1.82) is 0 Å². The molecule has 2 rings (SSSR count). The predicted molar refractivity (Wildman–Crippen MR) is 51.2 cm³/mol. The van der Waals surface area contributed by atoms with Crippen LogP contribution in [0.4, 0.5) is 0 Å². The van der Waals surface area contributed by atoms with Crippen molar-refractivity contribution < 1.29 is 0 Å². The molecule has 2 aromatic rings. The second-order valence-corrected chi connectivity index (χ2v) is 3.04. The first-order valence-electron chi connectivity index (χ1n) is 4.30. The summed E-state index contributed by atoms with van der Waals surface area (Å²) in [6, 6.07) is 9.31. The minimum atomic E-state index is 1.06. The number of fused-ring (bicyclic) bond motifs is 1. The molecular weight excluding hydrogens is 146 g/mol. The number of benzene rings is 1. The van der Waals surface area contributed by atoms with Gasteiger partial charge in [0.2, 0.25) is 0 Å². The maximum absolute atomic E-state index is 3.38. The molecule has 61 valence electrons. The molecule has 0 bridgehead atoms. The van der Waals surface area contributed by atoms with Gasteiger partial charge in [0.25, 0.3) is 0 Å². The molecule has 1 aromatic heterocycles. The van der Waals surface area contributed by atoms with E-state index in [1.807, 2.05) is 12.1 Å². The summed E-state index contributed by atoms with van der Waals surface area (Å²) in [5.74, 6) is 0. The molecule has 1 heterocycles. The normalized spacial score (nSPS) is 10.8. The third kappa shape index (κ3) is 0.934. The van der Waals surface area contributed by atoms with Crippen molar-refractivity contribution in [3.8, 4) is 0 Å². The molecule has 1 N–H and O–H groups in total. The Bertz CT molecular complexity index is 398. The molecule has 0 fully saturated rings. The first-order valence-corrected chi connectivity index (χ1v) is 4.30. The fourth-order valence-electron chi connectivity index (χ4n) is 1.61. The van der Waals surface area contributed by atoms with E-state index in [9.17, 15) is 0 Å². The Balaban J connectivity index is 2.78. The maximum atomic E-state index is 3.38. The zero-order chi connectivity index (χ0) is 8.55. The van der Waals surface area contributed by atoms with Gasteiger partial charge in [-0.25, -0.2) is 0 Å². The Hall–Kier alpha value is -1.24. The van der Waals surface area contributed by atoms with Crippen molar-refractivity contribution in [2.45, 2.75) is 20.3 Å². The van der Waals surface area contributed by atoms with Crippen LogP contribution in [0, 0.1) is 13.0 Å². The predicted octanol–water partition coefficient (Wildman–Crippen LogP) is 2.84. The average molecular weight is 158 g/mol. The van der Waals surface area contributed by atoms with Crippen molar-refractivity contribution in [2.75, 3.05) is 0 Å². The molecule has 0 amide bonds. The van der Waals surface area contributed by atoms with Crippen LogP contribution in [0.2, 0.25) is 0 Å². The molecule has 1 heteroatoms. The highest BCUT2D eigenvalue weighted by molar-refractivity contribution is 5.83. The summed E-state index contributed by atoms with van der Waals surface area (Å²) < 4.78 is 0. The van der Waals surface area contributed by atoms with Gasteiger partial charge in [0.05, 0.1) is 0 Å². The smallest absolute Gasteiger partial charge is 0.0465 e. The quantitative estimate of drug-likeness (QED) is 0.656. The van der Waals surface area contributed by atoms with Crippen molar-refractivity contribution in [2.24, 2.45) is 0 Å². The Morgan fingerprint density at radius 2 is 2.33 bits per heavy atom. The zero-order valence-electron chi connectivity index (χ0n) is 7.44. The van der Waals surface area contributed by atoms with Gasteiger partial charge in [0.15, 0.2) is 0 Å². The summed E-state index contributed by atoms with van der Waals surface area (Å²) in [6.07, 6.45) is 1.06. The van der Waals surface area contributed by atoms with Crippen LogP contribution in [0.1, 0.15) is 18.2 Å². The van der Waals surface area contributed by atoms with Gasteiger partial charge in [0.1, 0.15) is 0 Å². The molecule has 12 heavy (non-hydrogen) atoms. The van der Waals surface area contributed by atoms with Crippen molar-refractivity contribution in [1.82, 2.24) is 4.98 Å². The van der Waals surface area contributed by atoms with E-state index in [1.54, 1.807) is 0 Å². The minimum Gasteiger partial charge on any atom is -0.358 e. The third-order valence-corrected chi connectivity index (χ3v) is 2.32. The Morgan fingerprint density at radius 1 is 1.50 bits per heavy atom. The second-order valence-electron chi connectivity index (χ2n) is 3.04. The van der Waals surface area contributed by atoms with Crippen LogP contribution in [0.15, 0.2) is 18.2 Å². The fraction of sp³-hybridized carbons (Fsp3) is 0.273. The minimum absolute atomic E-state index is 1.06. The van der Waals surface area contributed by atoms with Crippen LogP contribution in [0.5, 0.6) is 0 Å². The van der Waals surface area contributed by atoms with Gasteiger partial charge < -0.3 is 4.98 Å². The van der Waals surface area contributed by atoms with Crippen LogP contribution in [0.3, 0.4) is 0 Å². The summed E-state index contributed by atoms with van der Waals surface area (Å²) in [6.45, 7) is 4.31. The first kappa shape index (κ1) is 7.41. The van der Waals surface area contributed by atoms with Crippen LogP contribution in [-0.2, 0) is 6.42 Å². The Morgan fingerprint density at radius 3 is 3.00 bits per heavy atom. The van der Waals surface area contributed by atoms with Crippen LogP contribution in [-0.4, -0.2) is 4.98 Å². The van der Waals surface area contributed by atoms with E-state index >= 15 is 0 Å². The lowest BCUT2D eigenvalue weighted by molar-refractivity contribution is 1.05. The lowest BCUT2D eigenvalue weighted by Gasteiger charge is -1.91. The molecule has 0 unspecified atom stereocenters. The SMILES string of the molecule is CCc1[nH]c2ccc[c]c2c1C. The van der Waals surface area contributed by atoms with E-state index in [-0.39, 0.29) is 0 Å². The fourth-order valence-corrected chi connectivity index (χ4v) is 1.61. The summed E-state index contributed by atoms with van der Waals surface area (Å²) >= 11 is 0. The van der Waals surface area contributed by atoms with Gasteiger partial charge in [-0.3, -0.25) is 0 Å². The molecule has 0 aliphatic heterocycles. The van der Waals surface area contributed by atoms with E-state index in [1.165, 1.54) is 22.2 Å². The molecule has 0 spiro atoms. The monoisotopic (exact) mass is 158 g/mol. The molecule has 1 nitrogen and oxygen atoms in total. The molecule has 0 saturated carbocycles. The largest absolute Gasteiger partial charge is 0.358 e. The van der Waals surface area contributed by atoms with Gasteiger partial charge in [0, 0.05) is 16.6 Å². The topological polar surface area (TPSA) is 15.8 Å². The summed E-state index contributed by atoms with van der Waals surface area (Å²) in [4.78, 5) is 3.38. The summed E-state index contributed by atoms with van der Waals surface area (Å²) in [5, 5.41) is 1.23. The third-order valence-electron chi connectivity index (χ3n) is 2.32. The highest BCUT2D eigenvalue weighted by atomic mass is 14.7. The Kier molecular flexibility index (Phi) is 1.65. The average Bonchev–Trinajstić information content (AvgIpc) is 2.44. The number of aromatic amines is 1. The lowest BCUT2D eigenvalue weighted by atomic mass is 10.1. The van der Waals surface area contributed by atoms with Gasteiger partial charge >= 0.3 is 0 Å². The summed E-state index contributed by atoms with van der Waals surface area (Å²) in [5.41, 5.74) is 3.87. The Labute approximate surface area is 72.4 Å². The first-order chi connectivity index (χ1) is 5.83. The molecule has 0 aliphatic carbocycles. The van der Waals surface area contributed by atoms with Crippen molar-refractivity contribution in [3.63, 3.8) is 0 Å². The van der Waals surface area contributed by atoms with Crippen LogP contribution < -0.4 is 0 Å². The lowest BCUT2D eigenvalue weighted by Crippen LogP contribution is -1.80. The van der Waals surface area contributed by atoms with Crippen molar-refractivity contribution in [3.05, 3.63) is 35.5 Å². The molecule has 0 saturated heterocycles. The number of rotatable bonds is 1. The number of hydrogen-bond donors (Lipinski definition) is 1. The van der Waals surface area contributed by atoms with E-state index in [0.29, 0.717) is 0 Å². The van der Waals surface area contributed by atoms with Crippen LogP contribution in [0.25, 0.3) is 10.9 Å². The standard InChI is InChI=1S/C11H12N/c1-3-10-8(2)9-6-4-5-7-11(9)12-10/h4-5,7,12H,3H2,1-2H3. The van der Waals surface area contributed by atoms with Gasteiger partial charge in [-0.1, -0.05) is 19.1 Å². The van der Waals surface area contributed by atoms with Crippen molar-refractivity contribution >= 4 is 10.9 Å². The molecule has 0 atom stereocenters. The second kappa shape index (κ2) is 2.67. The van der Waals surface area contributed by atoms with E-state index in [4.69, 9.17) is 0 Å². The number of nitrogens with one attached hydrogen (secondary N) is 1. The molecule has 0 aliphatic rings. The number of aryl methyl sites for hydroxylation is 2. The molecule has 1 aromatic carbocycles. The highest BCUT2D eigenvalue weighted by Gasteiger charge is 2.03. The van der Waals surface area contributed by atoms with E-state index in [0.717, 1.165) is 6.42 Å². The molecular formula is C11H12N. The molecule has 1 radical (unpaired) electrons. The number of aromatic nitrogens is 1. The zero-order valence-corrected chi connectivity index (χ0v) is 7.44. The number of hydrogen-bond acceptors (Lipinski definition) is 0. The van der Waals surface area contributed by atoms with Crippen LogP contribution >= 0.6 is 0 Å². The van der Waals surface area contributed by atoms with E-state index in [2.05, 4.69) is 31.0 Å². The van der Waals surface area contributed by atoms with Gasteiger partial charge in [-0.2, -0.15) is 0 Å². The maximum Gasteiger partial charge on any atom is 0.0465 e. The highest BCUT2D eigenvalue weighted by Crippen LogP contribution is 2.20. The summed E-state index contributed by atoms with van der Waals surface area (Å²) in [7, 11) is 0. The van der Waals surface area contributed by atoms with E-state index < -0.39 is 0 Å². The number of H-pyrrole nitrogens is 1.